The predicted molar refractivity (Wildman–Crippen MR) is 85.0 cm³/mol. The molecule has 2 rings (SSSR count). The first kappa shape index (κ1) is 16.5. The maximum absolute atomic E-state index is 12.3. The summed E-state index contributed by atoms with van der Waals surface area (Å²) >= 11 is 0. The minimum atomic E-state index is -0.0916. The van der Waals surface area contributed by atoms with Gasteiger partial charge in [0.15, 0.2) is 0 Å². The summed E-state index contributed by atoms with van der Waals surface area (Å²) in [5.74, 6) is 0.468. The van der Waals surface area contributed by atoms with Gasteiger partial charge in [-0.1, -0.05) is 13.8 Å². The molecule has 1 aliphatic rings. The van der Waals surface area contributed by atoms with E-state index in [0.717, 1.165) is 6.42 Å². The molecular formula is C17H24N2O3. The summed E-state index contributed by atoms with van der Waals surface area (Å²) in [7, 11) is 0. The maximum atomic E-state index is 12.3. The summed E-state index contributed by atoms with van der Waals surface area (Å²) in [6.07, 6.45) is 0.958. The number of rotatable bonds is 5. The van der Waals surface area contributed by atoms with Crippen molar-refractivity contribution in [1.82, 2.24) is 10.2 Å². The van der Waals surface area contributed by atoms with Crippen molar-refractivity contribution in [1.29, 1.82) is 0 Å². The molecule has 1 heterocycles. The lowest BCUT2D eigenvalue weighted by atomic mass is 10.1. The third-order valence-electron chi connectivity index (χ3n) is 3.70. The van der Waals surface area contributed by atoms with E-state index in [9.17, 15) is 9.59 Å². The van der Waals surface area contributed by atoms with E-state index in [-0.39, 0.29) is 11.8 Å². The molecule has 5 heteroatoms. The van der Waals surface area contributed by atoms with Crippen LogP contribution in [0.5, 0.6) is 0 Å². The largest absolute Gasteiger partial charge is 0.378 e. The third kappa shape index (κ3) is 4.56. The van der Waals surface area contributed by atoms with Gasteiger partial charge in [0.1, 0.15) is 0 Å². The van der Waals surface area contributed by atoms with Crippen LogP contribution in [0.1, 0.15) is 41.0 Å². The molecule has 0 aromatic heterocycles. The number of hydrogen-bond acceptors (Lipinski definition) is 3. The van der Waals surface area contributed by atoms with Crippen LogP contribution in [0.25, 0.3) is 0 Å². The first-order valence-corrected chi connectivity index (χ1v) is 7.83. The summed E-state index contributed by atoms with van der Waals surface area (Å²) in [6, 6.07) is 6.85. The number of nitrogens with one attached hydrogen (secondary N) is 1. The number of benzene rings is 1. The molecule has 1 saturated heterocycles. The number of morpholine rings is 1. The monoisotopic (exact) mass is 304 g/mol. The lowest BCUT2D eigenvalue weighted by molar-refractivity contribution is 0.0303. The van der Waals surface area contributed by atoms with E-state index in [4.69, 9.17) is 4.74 Å². The highest BCUT2D eigenvalue weighted by Crippen LogP contribution is 2.10. The summed E-state index contributed by atoms with van der Waals surface area (Å²) in [4.78, 5) is 26.1. The topological polar surface area (TPSA) is 58.6 Å². The molecule has 0 bridgehead atoms. The molecule has 2 amide bonds. The van der Waals surface area contributed by atoms with Crippen molar-refractivity contribution < 1.29 is 14.3 Å². The number of amides is 2. The minimum absolute atomic E-state index is 0.00457. The Morgan fingerprint density at radius 2 is 1.73 bits per heavy atom. The second-order valence-corrected chi connectivity index (χ2v) is 5.92. The molecule has 120 valence electrons. The van der Waals surface area contributed by atoms with Crippen molar-refractivity contribution in [3.05, 3.63) is 35.4 Å². The van der Waals surface area contributed by atoms with Gasteiger partial charge in [-0.15, -0.1) is 0 Å². The van der Waals surface area contributed by atoms with Crippen LogP contribution in [-0.2, 0) is 4.74 Å². The Hall–Kier alpha value is -1.88. The molecule has 0 saturated carbocycles. The Labute approximate surface area is 131 Å². The molecule has 0 unspecified atom stereocenters. The van der Waals surface area contributed by atoms with E-state index in [0.29, 0.717) is 49.9 Å². The smallest absolute Gasteiger partial charge is 0.254 e. The molecule has 1 N–H and O–H groups in total. The fourth-order valence-electron chi connectivity index (χ4n) is 2.29. The van der Waals surface area contributed by atoms with Gasteiger partial charge in [0.05, 0.1) is 13.2 Å². The molecule has 1 aromatic rings. The van der Waals surface area contributed by atoms with Crippen molar-refractivity contribution in [2.75, 3.05) is 32.8 Å². The van der Waals surface area contributed by atoms with Crippen LogP contribution in [-0.4, -0.2) is 49.6 Å². The van der Waals surface area contributed by atoms with Crippen molar-refractivity contribution >= 4 is 11.8 Å². The van der Waals surface area contributed by atoms with Crippen molar-refractivity contribution in [2.45, 2.75) is 20.3 Å². The van der Waals surface area contributed by atoms with Crippen molar-refractivity contribution in [3.63, 3.8) is 0 Å². The molecule has 0 radical (unpaired) electrons. The zero-order valence-electron chi connectivity index (χ0n) is 13.3. The van der Waals surface area contributed by atoms with Gasteiger partial charge < -0.3 is 15.0 Å². The van der Waals surface area contributed by atoms with Gasteiger partial charge in [-0.2, -0.15) is 0 Å². The van der Waals surface area contributed by atoms with Crippen LogP contribution >= 0.6 is 0 Å². The standard InChI is InChI=1S/C17H24N2O3/c1-13(2)7-8-18-16(20)14-3-5-15(6-4-14)17(21)19-9-11-22-12-10-19/h3-6,13H,7-12H2,1-2H3,(H,18,20). The average Bonchev–Trinajstić information content (AvgIpc) is 2.54. The van der Waals surface area contributed by atoms with Crippen LogP contribution in [0, 0.1) is 5.92 Å². The Balaban J connectivity index is 1.91. The first-order chi connectivity index (χ1) is 10.6. The van der Waals surface area contributed by atoms with Crippen molar-refractivity contribution in [2.24, 2.45) is 5.92 Å². The molecular weight excluding hydrogens is 280 g/mol. The van der Waals surface area contributed by atoms with Crippen LogP contribution in [0.2, 0.25) is 0 Å². The molecule has 0 aliphatic carbocycles. The van der Waals surface area contributed by atoms with E-state index < -0.39 is 0 Å². The summed E-state index contributed by atoms with van der Waals surface area (Å²) in [6.45, 7) is 7.33. The van der Waals surface area contributed by atoms with Crippen LogP contribution in [0.3, 0.4) is 0 Å². The zero-order chi connectivity index (χ0) is 15.9. The van der Waals surface area contributed by atoms with Gasteiger partial charge in [-0.3, -0.25) is 9.59 Å². The van der Waals surface area contributed by atoms with Crippen molar-refractivity contribution in [3.8, 4) is 0 Å². The summed E-state index contributed by atoms with van der Waals surface area (Å²) in [5, 5.41) is 2.89. The molecule has 1 aromatic carbocycles. The van der Waals surface area contributed by atoms with Gasteiger partial charge in [0, 0.05) is 30.8 Å². The van der Waals surface area contributed by atoms with Crippen LogP contribution < -0.4 is 5.32 Å². The molecule has 5 nitrogen and oxygen atoms in total. The Morgan fingerprint density at radius 1 is 1.14 bits per heavy atom. The van der Waals surface area contributed by atoms with E-state index in [2.05, 4.69) is 19.2 Å². The number of carbonyl (C=O) groups is 2. The third-order valence-corrected chi connectivity index (χ3v) is 3.70. The van der Waals surface area contributed by atoms with E-state index >= 15 is 0 Å². The fourth-order valence-corrected chi connectivity index (χ4v) is 2.29. The van der Waals surface area contributed by atoms with E-state index in [1.165, 1.54) is 0 Å². The predicted octanol–water partition coefficient (Wildman–Crippen LogP) is 1.93. The molecule has 0 atom stereocenters. The minimum Gasteiger partial charge on any atom is -0.378 e. The highest BCUT2D eigenvalue weighted by Gasteiger charge is 2.18. The highest BCUT2D eigenvalue weighted by molar-refractivity contribution is 5.97. The summed E-state index contributed by atoms with van der Waals surface area (Å²) < 4.78 is 5.24. The van der Waals surface area contributed by atoms with Gasteiger partial charge in [-0.25, -0.2) is 0 Å². The second kappa shape index (κ2) is 7.94. The number of nitrogens with zero attached hydrogens (tertiary/aromatic N) is 1. The second-order valence-electron chi connectivity index (χ2n) is 5.92. The quantitative estimate of drug-likeness (QED) is 0.904. The highest BCUT2D eigenvalue weighted by atomic mass is 16.5. The first-order valence-electron chi connectivity index (χ1n) is 7.83. The Morgan fingerprint density at radius 3 is 2.32 bits per heavy atom. The van der Waals surface area contributed by atoms with Gasteiger partial charge in [0.2, 0.25) is 0 Å². The Kier molecular flexibility index (Phi) is 5.95. The normalized spacial score (nSPS) is 15.0. The maximum Gasteiger partial charge on any atom is 0.254 e. The lowest BCUT2D eigenvalue weighted by Gasteiger charge is -2.26. The van der Waals surface area contributed by atoms with Crippen LogP contribution in [0.15, 0.2) is 24.3 Å². The lowest BCUT2D eigenvalue weighted by Crippen LogP contribution is -2.40. The van der Waals surface area contributed by atoms with Gasteiger partial charge in [-0.05, 0) is 36.6 Å². The molecule has 1 fully saturated rings. The zero-order valence-corrected chi connectivity index (χ0v) is 13.3. The number of ether oxygens (including phenoxy) is 1. The number of hydrogen-bond donors (Lipinski definition) is 1. The Bertz CT molecular complexity index is 505. The molecule has 1 aliphatic heterocycles. The van der Waals surface area contributed by atoms with E-state index in [1.54, 1.807) is 29.2 Å². The fraction of sp³-hybridized carbons (Fsp3) is 0.529. The SMILES string of the molecule is CC(C)CCNC(=O)c1ccc(C(=O)N2CCOCC2)cc1. The van der Waals surface area contributed by atoms with Gasteiger partial charge in [0.25, 0.3) is 11.8 Å². The number of carbonyl (C=O) groups excluding carboxylic acids is 2. The van der Waals surface area contributed by atoms with Gasteiger partial charge >= 0.3 is 0 Å². The van der Waals surface area contributed by atoms with Crippen LogP contribution in [0.4, 0.5) is 0 Å². The van der Waals surface area contributed by atoms with E-state index in [1.807, 2.05) is 0 Å². The summed E-state index contributed by atoms with van der Waals surface area (Å²) in [5.41, 5.74) is 1.20. The molecule has 22 heavy (non-hydrogen) atoms. The molecule has 0 spiro atoms. The average molecular weight is 304 g/mol.